The summed E-state index contributed by atoms with van der Waals surface area (Å²) in [6.07, 6.45) is 0. The molecule has 6 aromatic carbocycles. The molecule has 0 saturated carbocycles. The van der Waals surface area contributed by atoms with E-state index in [1.807, 2.05) is 98.8 Å². The van der Waals surface area contributed by atoms with Gasteiger partial charge in [-0.05, 0) is 154 Å². The van der Waals surface area contributed by atoms with E-state index in [9.17, 15) is 0 Å². The minimum atomic E-state index is -1.08. The van der Waals surface area contributed by atoms with Gasteiger partial charge in [-0.15, -0.1) is 0 Å². The van der Waals surface area contributed by atoms with Crippen molar-refractivity contribution in [3.8, 4) is 34.5 Å². The number of para-hydroxylation sites is 2. The van der Waals surface area contributed by atoms with Gasteiger partial charge in [0.25, 0.3) is 0 Å². The second-order valence-electron chi connectivity index (χ2n) is 13.5. The van der Waals surface area contributed by atoms with E-state index in [0.717, 1.165) is 79.0 Å². The molecular formula is C48H50O5Si2. The van der Waals surface area contributed by atoms with Crippen LogP contribution in [-0.2, 0) is 15.9 Å². The first-order valence-electron chi connectivity index (χ1n) is 18.8. The quantitative estimate of drug-likeness (QED) is 0.0921. The normalized spacial score (nSPS) is 13.2. The molecule has 5 nitrogen and oxygen atoms in total. The Hall–Kier alpha value is -5.35. The van der Waals surface area contributed by atoms with Gasteiger partial charge in [0.15, 0.2) is 0 Å². The van der Waals surface area contributed by atoms with Gasteiger partial charge in [-0.25, -0.2) is 0 Å². The zero-order valence-corrected chi connectivity index (χ0v) is 35.6. The first kappa shape index (κ1) is 39.4. The number of rotatable bonds is 16. The van der Waals surface area contributed by atoms with Crippen LogP contribution in [0.2, 0.25) is 0 Å². The molecule has 2 atom stereocenters. The van der Waals surface area contributed by atoms with Crippen molar-refractivity contribution in [2.75, 3.05) is 13.2 Å². The fourth-order valence-electron chi connectivity index (χ4n) is 7.25. The zero-order chi connectivity index (χ0) is 39.0. The average Bonchev–Trinajstić information content (AvgIpc) is 3.21. The zero-order valence-electron chi connectivity index (χ0n) is 32.7. The Morgan fingerprint density at radius 1 is 0.455 bits per heavy atom. The third-order valence-corrected chi connectivity index (χ3v) is 11.2. The number of benzene rings is 6. The van der Waals surface area contributed by atoms with Crippen LogP contribution in [-0.4, -0.2) is 44.3 Å². The van der Waals surface area contributed by atoms with Crippen LogP contribution in [0.1, 0.15) is 58.4 Å². The Morgan fingerprint density at radius 3 is 1.15 bits per heavy atom. The van der Waals surface area contributed by atoms with Gasteiger partial charge in [-0.3, -0.25) is 0 Å². The molecule has 0 aromatic heterocycles. The Morgan fingerprint density at radius 2 is 0.818 bits per heavy atom. The Balaban J connectivity index is 1.64. The van der Waals surface area contributed by atoms with Crippen LogP contribution >= 0.6 is 0 Å². The number of hydrogen-bond donors (Lipinski definition) is 0. The van der Waals surface area contributed by atoms with Gasteiger partial charge < -0.3 is 23.7 Å². The van der Waals surface area contributed by atoms with Gasteiger partial charge in [0.2, 0.25) is 0 Å². The van der Waals surface area contributed by atoms with Crippen molar-refractivity contribution in [1.82, 2.24) is 0 Å². The van der Waals surface area contributed by atoms with Gasteiger partial charge >= 0.3 is 0 Å². The highest BCUT2D eigenvalue weighted by molar-refractivity contribution is 6.32. The molecule has 0 spiro atoms. The number of ether oxygens (including phenoxy) is 5. The monoisotopic (exact) mass is 762 g/mol. The van der Waals surface area contributed by atoms with Crippen molar-refractivity contribution in [3.05, 3.63) is 178 Å². The van der Waals surface area contributed by atoms with Crippen LogP contribution < -0.4 is 18.9 Å². The van der Waals surface area contributed by atoms with E-state index in [1.54, 1.807) is 19.7 Å². The Bertz CT molecular complexity index is 2080. The predicted molar refractivity (Wildman–Crippen MR) is 232 cm³/mol. The molecule has 2 unspecified atom stereocenters. The summed E-state index contributed by atoms with van der Waals surface area (Å²) in [5.74, 6) is 4.73. The van der Waals surface area contributed by atoms with Crippen LogP contribution in [0.25, 0.3) is 0 Å². The fraction of sp³-hybridized carbons (Fsp3) is 0.208. The lowest BCUT2D eigenvalue weighted by molar-refractivity contribution is -0.0407. The van der Waals surface area contributed by atoms with E-state index in [2.05, 4.69) is 87.6 Å². The SMILES string of the molecule is CCOc1ccc(C(C=[SiH2])(OC(C=[SiH2])(c2ccc(OCC)cc2)c2ccc(C)c(Oc3ccccc3)c2C)c2ccc(C)c(Oc3ccccc3)c2C)cc1. The molecule has 0 amide bonds. The van der Waals surface area contributed by atoms with E-state index < -0.39 is 11.2 Å². The van der Waals surface area contributed by atoms with Crippen molar-refractivity contribution >= 4 is 31.1 Å². The second kappa shape index (κ2) is 17.4. The maximum Gasteiger partial charge on any atom is 0.135 e. The summed E-state index contributed by atoms with van der Waals surface area (Å²) in [4.78, 5) is 0. The molecule has 0 bridgehead atoms. The molecule has 0 aliphatic heterocycles. The molecule has 0 aliphatic rings. The Kier molecular flexibility index (Phi) is 12.5. The molecule has 280 valence electrons. The summed E-state index contributed by atoms with van der Waals surface area (Å²) in [6.45, 7) is 13.6. The van der Waals surface area contributed by atoms with Gasteiger partial charge in [0, 0.05) is 0 Å². The third-order valence-electron chi connectivity index (χ3n) is 10.0. The molecule has 0 aliphatic carbocycles. The number of hydrogen-bond acceptors (Lipinski definition) is 5. The minimum absolute atomic E-state index is 0.576. The molecule has 0 heterocycles. The summed E-state index contributed by atoms with van der Waals surface area (Å²) >= 11 is 0. The second-order valence-corrected chi connectivity index (χ2v) is 14.3. The van der Waals surface area contributed by atoms with E-state index in [1.165, 1.54) is 0 Å². The number of aryl methyl sites for hydroxylation is 2. The predicted octanol–water partition coefficient (Wildman–Crippen LogP) is 9.38. The topological polar surface area (TPSA) is 46.2 Å². The van der Waals surface area contributed by atoms with Crippen LogP contribution in [0, 0.1) is 27.7 Å². The van der Waals surface area contributed by atoms with E-state index in [0.29, 0.717) is 13.2 Å². The molecule has 0 saturated heterocycles. The van der Waals surface area contributed by atoms with Crippen LogP contribution in [0.5, 0.6) is 34.5 Å². The lowest BCUT2D eigenvalue weighted by Crippen LogP contribution is -2.46. The van der Waals surface area contributed by atoms with Gasteiger partial charge in [0.05, 0.1) is 13.2 Å². The van der Waals surface area contributed by atoms with Crippen molar-refractivity contribution in [1.29, 1.82) is 0 Å². The lowest BCUT2D eigenvalue weighted by atomic mass is 9.79. The van der Waals surface area contributed by atoms with Crippen molar-refractivity contribution in [2.24, 2.45) is 0 Å². The molecule has 7 heteroatoms. The maximum atomic E-state index is 8.03. The van der Waals surface area contributed by atoms with E-state index in [-0.39, 0.29) is 0 Å². The maximum absolute atomic E-state index is 8.03. The molecular weight excluding hydrogens is 713 g/mol. The van der Waals surface area contributed by atoms with E-state index >= 15 is 0 Å². The summed E-state index contributed by atoms with van der Waals surface area (Å²) < 4.78 is 33.2. The fourth-order valence-corrected chi connectivity index (χ4v) is 8.33. The molecule has 55 heavy (non-hydrogen) atoms. The molecule has 0 fully saturated rings. The van der Waals surface area contributed by atoms with Gasteiger partial charge in [-0.2, -0.15) is 0 Å². The average molecular weight is 763 g/mol. The highest BCUT2D eigenvalue weighted by atomic mass is 28.1. The van der Waals surface area contributed by atoms with Crippen LogP contribution in [0.4, 0.5) is 0 Å². The van der Waals surface area contributed by atoms with Crippen molar-refractivity contribution in [2.45, 2.75) is 52.7 Å². The van der Waals surface area contributed by atoms with Crippen LogP contribution in [0.15, 0.2) is 133 Å². The first-order valence-corrected chi connectivity index (χ1v) is 20.4. The van der Waals surface area contributed by atoms with Crippen molar-refractivity contribution in [3.63, 3.8) is 0 Å². The van der Waals surface area contributed by atoms with Gasteiger partial charge in [-0.1, -0.05) is 96.3 Å². The summed E-state index contributed by atoms with van der Waals surface area (Å²) in [5, 5.41) is 0. The molecule has 0 N–H and O–H groups in total. The summed E-state index contributed by atoms with van der Waals surface area (Å²) in [7, 11) is 3.59. The third kappa shape index (κ3) is 8.06. The summed E-state index contributed by atoms with van der Waals surface area (Å²) in [6, 6.07) is 45.0. The minimum Gasteiger partial charge on any atom is -0.494 e. The molecule has 6 rings (SSSR count). The summed E-state index contributed by atoms with van der Waals surface area (Å²) in [5.41, 5.74) is 10.1. The van der Waals surface area contributed by atoms with E-state index in [4.69, 9.17) is 23.7 Å². The van der Waals surface area contributed by atoms with Gasteiger partial charge in [0.1, 0.15) is 45.7 Å². The standard InChI is InChI=1S/C48H50O5Si2/c1-7-49-39-25-21-37(22-26-39)47(31-54,43-29-19-33(3)45(35(43)5)51-41-15-11-9-12-16-41)53-48(32-55,38-23-27-40(28-24-38)50-8-2)44-30-20-34(4)46(36(44)6)52-42-17-13-10-14-18-42/h9-32H,7-8,54-55H2,1-6H3. The van der Waals surface area contributed by atoms with Crippen molar-refractivity contribution < 1.29 is 23.7 Å². The largest absolute Gasteiger partial charge is 0.494 e. The smallest absolute Gasteiger partial charge is 0.135 e. The highest BCUT2D eigenvalue weighted by Crippen LogP contribution is 2.48. The molecule has 6 aromatic rings. The highest BCUT2D eigenvalue weighted by Gasteiger charge is 2.45. The Labute approximate surface area is 331 Å². The lowest BCUT2D eigenvalue weighted by Gasteiger charge is -2.44. The molecule has 0 radical (unpaired) electrons. The first-order chi connectivity index (χ1) is 26.7. The van der Waals surface area contributed by atoms with Crippen LogP contribution in [0.3, 0.4) is 0 Å².